The molecule has 2 saturated carbocycles. The van der Waals surface area contributed by atoms with Crippen LogP contribution in [-0.4, -0.2) is 11.2 Å². The summed E-state index contributed by atoms with van der Waals surface area (Å²) in [6.45, 7) is 9.39. The predicted molar refractivity (Wildman–Crippen MR) is 66.0 cm³/mol. The Morgan fingerprint density at radius 2 is 1.88 bits per heavy atom. The molecule has 3 aliphatic carbocycles. The summed E-state index contributed by atoms with van der Waals surface area (Å²) >= 11 is 0. The fourth-order valence-corrected chi connectivity index (χ4v) is 5.96. The van der Waals surface area contributed by atoms with Gasteiger partial charge in [-0.3, -0.25) is 0 Å². The second-order valence-electron chi connectivity index (χ2n) is 6.99. The van der Waals surface area contributed by atoms with Gasteiger partial charge >= 0.3 is 0 Å². The van der Waals surface area contributed by atoms with Crippen molar-refractivity contribution >= 4 is 0 Å². The van der Waals surface area contributed by atoms with Gasteiger partial charge in [0.1, 0.15) is 0 Å². The van der Waals surface area contributed by atoms with Crippen molar-refractivity contribution in [2.75, 3.05) is 0 Å². The van der Waals surface area contributed by atoms with Crippen molar-refractivity contribution in [2.24, 2.45) is 22.2 Å². The minimum absolute atomic E-state index is 0.0944. The van der Waals surface area contributed by atoms with Crippen LogP contribution in [-0.2, 0) is 0 Å². The van der Waals surface area contributed by atoms with Crippen molar-refractivity contribution in [1.29, 1.82) is 0 Å². The van der Waals surface area contributed by atoms with Crippen LogP contribution in [0.2, 0.25) is 0 Å². The lowest BCUT2D eigenvalue weighted by Gasteiger charge is -2.47. The van der Waals surface area contributed by atoms with E-state index in [1.54, 1.807) is 0 Å². The number of rotatable bonds is 0. The van der Waals surface area contributed by atoms with Gasteiger partial charge in [0.25, 0.3) is 0 Å². The Hall–Kier alpha value is -0.300. The lowest BCUT2D eigenvalue weighted by atomic mass is 9.56. The summed E-state index contributed by atoms with van der Waals surface area (Å²) in [5.74, 6) is 0.656. The summed E-state index contributed by atoms with van der Waals surface area (Å²) < 4.78 is 0. The lowest BCUT2D eigenvalue weighted by molar-refractivity contribution is -0.0264. The zero-order valence-corrected chi connectivity index (χ0v) is 11.0. The third-order valence-electron chi connectivity index (χ3n) is 6.41. The average Bonchev–Trinajstić information content (AvgIpc) is 2.70. The maximum atomic E-state index is 10.6. The molecule has 0 radical (unpaired) electrons. The number of aliphatic hydroxyl groups excluding tert-OH is 1. The van der Waals surface area contributed by atoms with Crippen molar-refractivity contribution in [3.8, 4) is 0 Å². The molecule has 0 amide bonds. The molecule has 0 aromatic heterocycles. The van der Waals surface area contributed by atoms with Gasteiger partial charge < -0.3 is 5.11 Å². The summed E-state index contributed by atoms with van der Waals surface area (Å²) in [5, 5.41) is 10.6. The minimum atomic E-state index is -0.0944. The SMILES string of the molecule is CC1=CC(C)(C)[C@@]23CCC(C)[C@]12[C@H](O)CC3. The predicted octanol–water partition coefficient (Wildman–Crippen LogP) is 3.53. The van der Waals surface area contributed by atoms with Crippen LogP contribution in [0.25, 0.3) is 0 Å². The molecule has 16 heavy (non-hydrogen) atoms. The van der Waals surface area contributed by atoms with E-state index < -0.39 is 0 Å². The summed E-state index contributed by atoms with van der Waals surface area (Å²) in [7, 11) is 0. The third-order valence-corrected chi connectivity index (χ3v) is 6.41. The molecule has 90 valence electrons. The Bertz CT molecular complexity index is 350. The van der Waals surface area contributed by atoms with Crippen LogP contribution in [0.4, 0.5) is 0 Å². The first kappa shape index (κ1) is 10.8. The molecular weight excluding hydrogens is 196 g/mol. The van der Waals surface area contributed by atoms with E-state index in [2.05, 4.69) is 33.8 Å². The molecule has 1 unspecified atom stereocenters. The Balaban J connectivity index is 2.26. The van der Waals surface area contributed by atoms with Crippen LogP contribution >= 0.6 is 0 Å². The molecule has 4 atom stereocenters. The second kappa shape index (κ2) is 2.75. The summed E-state index contributed by atoms with van der Waals surface area (Å²) in [5.41, 5.74) is 2.24. The quantitative estimate of drug-likeness (QED) is 0.619. The molecule has 0 aliphatic heterocycles. The van der Waals surface area contributed by atoms with E-state index in [4.69, 9.17) is 0 Å². The summed E-state index contributed by atoms with van der Waals surface area (Å²) in [4.78, 5) is 0. The molecule has 0 aromatic carbocycles. The summed E-state index contributed by atoms with van der Waals surface area (Å²) in [6, 6.07) is 0. The molecule has 0 spiro atoms. The summed E-state index contributed by atoms with van der Waals surface area (Å²) in [6.07, 6.45) is 7.21. The Morgan fingerprint density at radius 1 is 1.25 bits per heavy atom. The van der Waals surface area contributed by atoms with E-state index in [0.717, 1.165) is 6.42 Å². The zero-order chi connectivity index (χ0) is 11.8. The highest BCUT2D eigenvalue weighted by atomic mass is 16.3. The number of allylic oxidation sites excluding steroid dienone is 1. The normalized spacial score (nSPS) is 53.7. The van der Waals surface area contributed by atoms with E-state index in [-0.39, 0.29) is 16.9 Å². The maximum Gasteiger partial charge on any atom is 0.0641 e. The van der Waals surface area contributed by atoms with Crippen LogP contribution < -0.4 is 0 Å². The molecule has 3 aliphatic rings. The standard InChI is InChI=1S/C15H24O/c1-10-5-7-14-8-6-12(16)15(10,14)11(2)9-13(14,3)4/h9-10,12,16H,5-8H2,1-4H3/t10?,12-,14+,15-/m1/s1. The Morgan fingerprint density at radius 3 is 2.50 bits per heavy atom. The van der Waals surface area contributed by atoms with Gasteiger partial charge in [-0.05, 0) is 49.4 Å². The minimum Gasteiger partial charge on any atom is -0.392 e. The van der Waals surface area contributed by atoms with Gasteiger partial charge in [0.2, 0.25) is 0 Å². The number of hydrogen-bond acceptors (Lipinski definition) is 1. The van der Waals surface area contributed by atoms with E-state index >= 15 is 0 Å². The first-order valence-corrected chi connectivity index (χ1v) is 6.76. The van der Waals surface area contributed by atoms with E-state index in [0.29, 0.717) is 11.3 Å². The second-order valence-corrected chi connectivity index (χ2v) is 6.99. The number of hydrogen-bond donors (Lipinski definition) is 1. The van der Waals surface area contributed by atoms with Crippen molar-refractivity contribution in [3.63, 3.8) is 0 Å². The zero-order valence-electron chi connectivity index (χ0n) is 11.0. The molecule has 3 rings (SSSR count). The van der Waals surface area contributed by atoms with Crippen LogP contribution in [0.5, 0.6) is 0 Å². The van der Waals surface area contributed by atoms with E-state index in [1.165, 1.54) is 24.8 Å². The van der Waals surface area contributed by atoms with E-state index in [9.17, 15) is 5.11 Å². The number of aliphatic hydroxyl groups is 1. The molecule has 1 heteroatoms. The average molecular weight is 220 g/mol. The first-order chi connectivity index (χ1) is 7.38. The van der Waals surface area contributed by atoms with Gasteiger partial charge in [-0.1, -0.05) is 32.4 Å². The Kier molecular flexibility index (Phi) is 1.86. The van der Waals surface area contributed by atoms with Gasteiger partial charge in [-0.2, -0.15) is 0 Å². The molecule has 0 saturated heterocycles. The topological polar surface area (TPSA) is 20.2 Å². The molecule has 1 nitrogen and oxygen atoms in total. The van der Waals surface area contributed by atoms with Crippen molar-refractivity contribution in [1.82, 2.24) is 0 Å². The van der Waals surface area contributed by atoms with Crippen LogP contribution in [0.3, 0.4) is 0 Å². The van der Waals surface area contributed by atoms with Crippen LogP contribution in [0.1, 0.15) is 53.4 Å². The van der Waals surface area contributed by atoms with Crippen molar-refractivity contribution in [3.05, 3.63) is 11.6 Å². The molecule has 1 N–H and O–H groups in total. The molecule has 0 heterocycles. The van der Waals surface area contributed by atoms with Gasteiger partial charge in [-0.25, -0.2) is 0 Å². The van der Waals surface area contributed by atoms with Gasteiger partial charge in [-0.15, -0.1) is 0 Å². The highest BCUT2D eigenvalue weighted by molar-refractivity contribution is 5.39. The first-order valence-electron chi connectivity index (χ1n) is 6.76. The van der Waals surface area contributed by atoms with Crippen LogP contribution in [0.15, 0.2) is 11.6 Å². The largest absolute Gasteiger partial charge is 0.392 e. The monoisotopic (exact) mass is 220 g/mol. The maximum absolute atomic E-state index is 10.6. The van der Waals surface area contributed by atoms with Gasteiger partial charge in [0.05, 0.1) is 6.10 Å². The molecule has 2 fully saturated rings. The lowest BCUT2D eigenvalue weighted by Crippen LogP contribution is -2.46. The third kappa shape index (κ3) is 0.796. The Labute approximate surface area is 98.9 Å². The highest BCUT2D eigenvalue weighted by Crippen LogP contribution is 2.77. The van der Waals surface area contributed by atoms with Crippen molar-refractivity contribution < 1.29 is 5.11 Å². The van der Waals surface area contributed by atoms with Gasteiger partial charge in [0.15, 0.2) is 0 Å². The van der Waals surface area contributed by atoms with Crippen molar-refractivity contribution in [2.45, 2.75) is 59.5 Å². The van der Waals surface area contributed by atoms with Crippen LogP contribution in [0, 0.1) is 22.2 Å². The molecule has 0 bridgehead atoms. The molecule has 0 aromatic rings. The fraction of sp³-hybridized carbons (Fsp3) is 0.867. The molecular formula is C15H24O. The van der Waals surface area contributed by atoms with Gasteiger partial charge in [0, 0.05) is 5.41 Å². The smallest absolute Gasteiger partial charge is 0.0641 e. The highest BCUT2D eigenvalue weighted by Gasteiger charge is 2.72. The fourth-order valence-electron chi connectivity index (χ4n) is 5.96. The van der Waals surface area contributed by atoms with E-state index in [1.807, 2.05) is 0 Å².